The van der Waals surface area contributed by atoms with Crippen molar-refractivity contribution in [2.75, 3.05) is 35.0 Å². The zero-order valence-electron chi connectivity index (χ0n) is 74.7. The number of oxime groups is 2. The Hall–Kier alpha value is -14.9. The fourth-order valence-corrected chi connectivity index (χ4v) is 14.2. The Morgan fingerprint density at radius 3 is 1.02 bits per heavy atom. The van der Waals surface area contributed by atoms with E-state index >= 15 is 0 Å². The molecule has 4 atom stereocenters. The number of nitrogens with zero attached hydrogens (tertiary/aromatic N) is 13. The summed E-state index contributed by atoms with van der Waals surface area (Å²) in [5, 5.41) is 28.5. The minimum Gasteiger partial charge on any atom is -0.495 e. The van der Waals surface area contributed by atoms with Gasteiger partial charge in [-0.2, -0.15) is 10.2 Å². The molecule has 27 heteroatoms. The van der Waals surface area contributed by atoms with Crippen molar-refractivity contribution in [3.8, 4) is 85.0 Å². The Bertz CT molecular complexity index is 5950. The minimum absolute atomic E-state index is 0.0206. The molecular weight excluding hydrogens is 1600 g/mol. The average molecular weight is 1710 g/mol. The molecular formula is C100H107N15O12. The number of aromatic nitrogens is 10. The maximum atomic E-state index is 11.6. The molecule has 9 heterocycles. The molecule has 27 nitrogen and oxygen atoms in total. The summed E-state index contributed by atoms with van der Waals surface area (Å²) in [7, 11) is 6.53. The molecule has 13 aromatic rings. The lowest BCUT2D eigenvalue weighted by atomic mass is 9.70. The maximum absolute atomic E-state index is 11.6. The standard InChI is InChI=1S/C27H30N4O5.C27H28N4O4.C23H26N4O2.C23H23N3O/c1-17(2)27(4,22-9-6-19(7-10-22)21-12-23(34-5)15-29-13-21)24-11-8-20(14-30-24)26(28)31-36-25(33)16-35-18(3)32;1-17(2)27(4,22-9-6-19(7-10-22)21-12-23(33-5)15-28-13-21)24-11-8-20(14-29-24)26-30-25(35-31-26)16-34-18(3)32;1-15(2)23(3,21-10-7-17(13-26-21)22(24)27-28)19-8-5-16(6-9-19)18-11-20(29-4)14-25-12-18;1-16(2)23(3,22-10-5-17(12-24)13-26-22)20-8-6-18(7-9-20)19-11-21(27-4)15-25-14-19/h6-15,17H,16H2,1-5H3,(H2,28,31);6-15,17H,16H2,1-5H3;5-15,28H,1-4H3,(H2,24,27);5-11,13-16H,1-4H3. The van der Waals surface area contributed by atoms with E-state index in [2.05, 4.69) is 251 Å². The van der Waals surface area contributed by atoms with Gasteiger partial charge in [-0.3, -0.25) is 49.5 Å². The topological polar surface area (TPSA) is 379 Å². The van der Waals surface area contributed by atoms with Crippen molar-refractivity contribution in [3.05, 3.63) is 312 Å². The van der Waals surface area contributed by atoms with Gasteiger partial charge in [-0.05, 0) is 169 Å². The number of hydrogen-bond acceptors (Lipinski definition) is 25. The van der Waals surface area contributed by atoms with E-state index < -0.39 is 24.5 Å². The third-order valence-corrected chi connectivity index (χ3v) is 23.5. The Balaban J connectivity index is 0.000000178. The fraction of sp³-hybridized carbons (Fsp3) is 0.280. The summed E-state index contributed by atoms with van der Waals surface area (Å²) in [5.41, 5.74) is 29.3. The van der Waals surface area contributed by atoms with E-state index in [0.717, 1.165) is 107 Å². The number of pyridine rings is 8. The second kappa shape index (κ2) is 42.9. The van der Waals surface area contributed by atoms with Gasteiger partial charge < -0.3 is 54.5 Å². The number of carbonyl (C=O) groups excluding carboxylic acids is 3. The van der Waals surface area contributed by atoms with Gasteiger partial charge in [0.1, 0.15) is 29.1 Å². The van der Waals surface area contributed by atoms with Gasteiger partial charge in [0.05, 0.1) is 81.6 Å². The Morgan fingerprint density at radius 1 is 0.417 bits per heavy atom. The average Bonchev–Trinajstić information content (AvgIpc) is 1.38. The largest absolute Gasteiger partial charge is 0.495 e. The molecule has 0 aliphatic rings. The Kier molecular flexibility index (Phi) is 31.9. The highest BCUT2D eigenvalue weighted by Gasteiger charge is 2.38. The molecule has 0 aliphatic carbocycles. The highest BCUT2D eigenvalue weighted by Crippen LogP contribution is 2.44. The van der Waals surface area contributed by atoms with Crippen LogP contribution in [0.1, 0.15) is 165 Å². The van der Waals surface area contributed by atoms with E-state index in [0.29, 0.717) is 40.1 Å². The van der Waals surface area contributed by atoms with Crippen molar-refractivity contribution in [3.63, 3.8) is 0 Å². The molecule has 4 unspecified atom stereocenters. The van der Waals surface area contributed by atoms with Gasteiger partial charge in [0.15, 0.2) is 24.9 Å². The first-order valence-corrected chi connectivity index (χ1v) is 41.1. The van der Waals surface area contributed by atoms with Crippen LogP contribution < -0.4 is 30.4 Å². The SMILES string of the molecule is COc1cncc(-c2ccc(C(C)(c3ccc(-c4noc(COC(C)=O)n4)cn3)C(C)C)cc2)c1.COc1cncc(-c2ccc(C(C)(c3ccc(/C(N)=N\O)cn3)C(C)C)cc2)c1.COc1cncc(-c2ccc(C(C)(c3ccc(/C(N)=N\OC(=O)COC(C)=O)cn3)C(C)C)cc2)c1.COc1cncc(-c2ccc(C(C)(c3ccc(C#N)cn3)C(C)C)cc2)c1. The first kappa shape index (κ1) is 94.3. The van der Waals surface area contributed by atoms with E-state index in [1.807, 2.05) is 85.3 Å². The Morgan fingerprint density at radius 2 is 0.740 bits per heavy atom. The summed E-state index contributed by atoms with van der Waals surface area (Å²) in [6.07, 6.45) is 20.7. The summed E-state index contributed by atoms with van der Waals surface area (Å²) >= 11 is 0. The summed E-state index contributed by atoms with van der Waals surface area (Å²) in [5.74, 6) is 2.87. The van der Waals surface area contributed by atoms with Crippen LogP contribution in [0.15, 0.2) is 259 Å². The number of ether oxygens (including phenoxy) is 6. The zero-order valence-corrected chi connectivity index (χ0v) is 74.7. The van der Waals surface area contributed by atoms with Crippen molar-refractivity contribution in [2.45, 2.75) is 125 Å². The number of nitrogens with two attached hydrogens (primary N) is 2. The van der Waals surface area contributed by atoms with Crippen LogP contribution in [-0.4, -0.2) is 120 Å². The molecule has 0 fully saturated rings. The molecule has 4 aromatic carbocycles. The van der Waals surface area contributed by atoms with Crippen LogP contribution in [0.3, 0.4) is 0 Å². The number of amidine groups is 2. The maximum Gasteiger partial charge on any atom is 0.372 e. The van der Waals surface area contributed by atoms with Gasteiger partial charge in [0, 0.05) is 124 Å². The normalized spacial score (nSPS) is 13.2. The van der Waals surface area contributed by atoms with Crippen LogP contribution in [0.2, 0.25) is 0 Å². The lowest BCUT2D eigenvalue weighted by Gasteiger charge is -2.34. The smallest absolute Gasteiger partial charge is 0.372 e. The molecule has 0 aliphatic heterocycles. The van der Waals surface area contributed by atoms with Crippen LogP contribution in [0.4, 0.5) is 0 Å². The zero-order chi connectivity index (χ0) is 91.8. The van der Waals surface area contributed by atoms with Gasteiger partial charge in [-0.1, -0.05) is 168 Å². The molecule has 0 spiro atoms. The first-order valence-electron chi connectivity index (χ1n) is 41.1. The van der Waals surface area contributed by atoms with Crippen molar-refractivity contribution < 1.29 is 57.4 Å². The quantitative estimate of drug-likeness (QED) is 0.0102. The Labute approximate surface area is 740 Å². The molecule has 13 rings (SSSR count). The number of esters is 2. The van der Waals surface area contributed by atoms with Crippen LogP contribution in [0.25, 0.3) is 55.9 Å². The van der Waals surface area contributed by atoms with E-state index in [4.69, 9.17) is 55.1 Å². The van der Waals surface area contributed by atoms with Gasteiger partial charge in [-0.25, -0.2) is 4.79 Å². The van der Waals surface area contributed by atoms with Crippen molar-refractivity contribution >= 4 is 29.6 Å². The van der Waals surface area contributed by atoms with Crippen LogP contribution >= 0.6 is 0 Å². The molecule has 0 saturated carbocycles. The molecule has 127 heavy (non-hydrogen) atoms. The number of nitriles is 1. The molecule has 0 saturated heterocycles. The van der Waals surface area contributed by atoms with Crippen LogP contribution in [-0.2, 0) is 57.0 Å². The summed E-state index contributed by atoms with van der Waals surface area (Å²) < 4.78 is 35.8. The van der Waals surface area contributed by atoms with Gasteiger partial charge >= 0.3 is 17.9 Å². The first-order chi connectivity index (χ1) is 60.8. The summed E-state index contributed by atoms with van der Waals surface area (Å²) in [4.78, 5) is 77.9. The summed E-state index contributed by atoms with van der Waals surface area (Å²) in [6, 6.07) is 58.9. The van der Waals surface area contributed by atoms with E-state index in [9.17, 15) is 14.4 Å². The fourth-order valence-electron chi connectivity index (χ4n) is 14.2. The number of rotatable bonds is 28. The third kappa shape index (κ3) is 22.7. The van der Waals surface area contributed by atoms with E-state index in [1.54, 1.807) is 90.3 Å². The minimum atomic E-state index is -0.835. The predicted octanol–water partition coefficient (Wildman–Crippen LogP) is 18.3. The summed E-state index contributed by atoms with van der Waals surface area (Å²) in [6.45, 7) is 28.1. The number of hydrogen-bond donors (Lipinski definition) is 3. The van der Waals surface area contributed by atoms with Crippen molar-refractivity contribution in [2.24, 2.45) is 45.5 Å². The monoisotopic (exact) mass is 1710 g/mol. The molecule has 0 bridgehead atoms. The van der Waals surface area contributed by atoms with Crippen molar-refractivity contribution in [1.82, 2.24) is 50.0 Å². The van der Waals surface area contributed by atoms with Crippen LogP contribution in [0.5, 0.6) is 23.0 Å². The second-order valence-corrected chi connectivity index (χ2v) is 32.0. The highest BCUT2D eigenvalue weighted by atomic mass is 16.7. The third-order valence-electron chi connectivity index (χ3n) is 23.5. The predicted molar refractivity (Wildman–Crippen MR) is 486 cm³/mol. The molecule has 654 valence electrons. The molecule has 9 aromatic heterocycles. The van der Waals surface area contributed by atoms with Gasteiger partial charge in [-0.15, -0.1) is 0 Å². The van der Waals surface area contributed by atoms with Crippen LogP contribution in [0, 0.1) is 35.0 Å². The molecule has 0 radical (unpaired) electrons. The lowest BCUT2D eigenvalue weighted by molar-refractivity contribution is -0.157. The van der Waals surface area contributed by atoms with Gasteiger partial charge in [0.2, 0.25) is 5.82 Å². The van der Waals surface area contributed by atoms with E-state index in [1.165, 1.54) is 19.4 Å². The van der Waals surface area contributed by atoms with Gasteiger partial charge in [0.25, 0.3) is 5.89 Å². The second-order valence-electron chi connectivity index (χ2n) is 32.0. The number of benzene rings is 4. The number of methoxy groups -OCH3 is 4. The lowest BCUT2D eigenvalue weighted by Crippen LogP contribution is -2.31. The number of carbonyl (C=O) groups is 3. The highest BCUT2D eigenvalue weighted by molar-refractivity contribution is 5.97. The molecule has 0 amide bonds. The van der Waals surface area contributed by atoms with E-state index in [-0.39, 0.29) is 57.7 Å². The van der Waals surface area contributed by atoms with Crippen molar-refractivity contribution in [1.29, 1.82) is 5.26 Å². The molecule has 5 N–H and O–H groups in total.